The zero-order valence-electron chi connectivity index (χ0n) is 18.6. The van der Waals surface area contributed by atoms with Crippen molar-refractivity contribution in [2.24, 2.45) is 0 Å². The highest BCUT2D eigenvalue weighted by Crippen LogP contribution is 2.42. The van der Waals surface area contributed by atoms with Crippen molar-refractivity contribution in [3.63, 3.8) is 0 Å². The monoisotopic (exact) mass is 462 g/mol. The van der Waals surface area contributed by atoms with Gasteiger partial charge in [-0.2, -0.15) is 0 Å². The number of benzene rings is 2. The van der Waals surface area contributed by atoms with Crippen molar-refractivity contribution in [3.8, 4) is 11.3 Å². The van der Waals surface area contributed by atoms with Crippen LogP contribution in [0, 0.1) is 0 Å². The SMILES string of the molecule is CC=CN1c2ccccc2-c2nc(Nc3ccc(N4CCN(C)CC4)cc3)ncc2S1(=O)=O. The molecular formula is C24H26N6O2S. The lowest BCUT2D eigenvalue weighted by Gasteiger charge is -2.34. The standard InChI is InChI=1S/C24H26N6O2S/c1-3-12-30-21-7-5-4-6-20(21)23-22(33(30,31)32)17-25-24(27-23)26-18-8-10-19(11-9-18)29-15-13-28(2)14-16-29/h3-12,17H,13-16H2,1-2H3,(H,25,26,27). The fourth-order valence-electron chi connectivity index (χ4n) is 4.16. The van der Waals surface area contributed by atoms with Gasteiger partial charge in [-0.25, -0.2) is 22.7 Å². The minimum absolute atomic E-state index is 0.0928. The minimum Gasteiger partial charge on any atom is -0.369 e. The molecule has 0 spiro atoms. The van der Waals surface area contributed by atoms with Gasteiger partial charge in [-0.05, 0) is 44.3 Å². The van der Waals surface area contributed by atoms with Crippen LogP contribution in [0.4, 0.5) is 23.0 Å². The number of nitrogens with zero attached hydrogens (tertiary/aromatic N) is 5. The molecule has 0 aliphatic carbocycles. The molecular weight excluding hydrogens is 436 g/mol. The van der Waals surface area contributed by atoms with E-state index in [1.54, 1.807) is 25.3 Å². The van der Waals surface area contributed by atoms with Crippen molar-refractivity contribution >= 4 is 33.0 Å². The molecule has 9 heteroatoms. The molecule has 0 saturated carbocycles. The van der Waals surface area contributed by atoms with Crippen LogP contribution in [0.15, 0.2) is 71.9 Å². The Balaban J connectivity index is 1.44. The smallest absolute Gasteiger partial charge is 0.271 e. The summed E-state index contributed by atoms with van der Waals surface area (Å²) in [7, 11) is -1.64. The van der Waals surface area contributed by atoms with E-state index in [2.05, 4.69) is 44.3 Å². The van der Waals surface area contributed by atoms with E-state index in [1.807, 2.05) is 30.3 Å². The van der Waals surface area contributed by atoms with Crippen molar-refractivity contribution in [1.82, 2.24) is 14.9 Å². The van der Waals surface area contributed by atoms with Crippen LogP contribution in [0.5, 0.6) is 0 Å². The third-order valence-electron chi connectivity index (χ3n) is 5.96. The third kappa shape index (κ3) is 3.94. The Morgan fingerprint density at radius 2 is 1.73 bits per heavy atom. The summed E-state index contributed by atoms with van der Waals surface area (Å²) in [6.45, 7) is 5.91. The molecule has 170 valence electrons. The largest absolute Gasteiger partial charge is 0.369 e. The number of para-hydroxylation sites is 1. The number of hydrogen-bond acceptors (Lipinski definition) is 7. The average Bonchev–Trinajstić information content (AvgIpc) is 2.83. The zero-order valence-corrected chi connectivity index (χ0v) is 19.5. The summed E-state index contributed by atoms with van der Waals surface area (Å²) in [6, 6.07) is 15.5. The van der Waals surface area contributed by atoms with E-state index in [0.29, 0.717) is 17.3 Å². The topological polar surface area (TPSA) is 81.7 Å². The maximum absolute atomic E-state index is 13.2. The Bertz CT molecular complexity index is 1300. The Morgan fingerprint density at radius 1 is 1.00 bits per heavy atom. The molecule has 0 radical (unpaired) electrons. The van der Waals surface area contributed by atoms with Gasteiger partial charge in [-0.1, -0.05) is 24.3 Å². The molecule has 2 aliphatic heterocycles. The molecule has 1 fully saturated rings. The Kier molecular flexibility index (Phi) is 5.51. The Labute approximate surface area is 194 Å². The Morgan fingerprint density at radius 3 is 2.45 bits per heavy atom. The first kappa shape index (κ1) is 21.4. The second kappa shape index (κ2) is 8.49. The second-order valence-corrected chi connectivity index (χ2v) is 9.95. The first-order valence-electron chi connectivity index (χ1n) is 10.9. The minimum atomic E-state index is -3.79. The summed E-state index contributed by atoms with van der Waals surface area (Å²) in [5.41, 5.74) is 3.75. The van der Waals surface area contributed by atoms with Gasteiger partial charge < -0.3 is 15.1 Å². The maximum atomic E-state index is 13.2. The molecule has 2 aliphatic rings. The molecule has 3 heterocycles. The quantitative estimate of drug-likeness (QED) is 0.633. The van der Waals surface area contributed by atoms with Crippen molar-refractivity contribution in [1.29, 1.82) is 0 Å². The third-order valence-corrected chi connectivity index (χ3v) is 7.66. The van der Waals surface area contributed by atoms with E-state index in [-0.39, 0.29) is 4.90 Å². The fourth-order valence-corrected chi connectivity index (χ4v) is 5.66. The number of allylic oxidation sites excluding steroid dienone is 1. The summed E-state index contributed by atoms with van der Waals surface area (Å²) in [5.74, 6) is 0.352. The van der Waals surface area contributed by atoms with Crippen molar-refractivity contribution in [2.45, 2.75) is 11.8 Å². The van der Waals surface area contributed by atoms with E-state index in [9.17, 15) is 8.42 Å². The molecule has 0 atom stereocenters. The van der Waals surface area contributed by atoms with Gasteiger partial charge in [0.25, 0.3) is 10.0 Å². The lowest BCUT2D eigenvalue weighted by Crippen LogP contribution is -2.44. The van der Waals surface area contributed by atoms with Gasteiger partial charge in [-0.15, -0.1) is 0 Å². The molecule has 0 bridgehead atoms. The molecule has 1 N–H and O–H groups in total. The predicted molar refractivity (Wildman–Crippen MR) is 131 cm³/mol. The van der Waals surface area contributed by atoms with E-state index in [4.69, 9.17) is 0 Å². The molecule has 1 saturated heterocycles. The summed E-state index contributed by atoms with van der Waals surface area (Å²) in [6.07, 6.45) is 4.62. The Hall–Kier alpha value is -3.43. The van der Waals surface area contributed by atoms with Crippen LogP contribution in [0.3, 0.4) is 0 Å². The van der Waals surface area contributed by atoms with Gasteiger partial charge in [-0.3, -0.25) is 0 Å². The molecule has 3 aromatic rings. The van der Waals surface area contributed by atoms with Crippen LogP contribution < -0.4 is 14.5 Å². The summed E-state index contributed by atoms with van der Waals surface area (Å²) < 4.78 is 27.7. The molecule has 8 nitrogen and oxygen atoms in total. The highest BCUT2D eigenvalue weighted by Gasteiger charge is 2.35. The van der Waals surface area contributed by atoms with Crippen molar-refractivity contribution in [2.75, 3.05) is 47.7 Å². The van der Waals surface area contributed by atoms with E-state index in [0.717, 1.165) is 37.4 Å². The summed E-state index contributed by atoms with van der Waals surface area (Å²) in [5, 5.41) is 3.21. The summed E-state index contributed by atoms with van der Waals surface area (Å²) >= 11 is 0. The van der Waals surface area contributed by atoms with Crippen LogP contribution >= 0.6 is 0 Å². The number of piperazine rings is 1. The normalized spacial score (nSPS) is 17.6. The first-order chi connectivity index (χ1) is 16.0. The van der Waals surface area contributed by atoms with Gasteiger partial charge in [0.1, 0.15) is 4.90 Å². The number of aromatic nitrogens is 2. The molecule has 1 aromatic heterocycles. The average molecular weight is 463 g/mol. The molecule has 5 rings (SSSR count). The van der Waals surface area contributed by atoms with E-state index >= 15 is 0 Å². The number of sulfonamides is 1. The summed E-state index contributed by atoms with van der Waals surface area (Å²) in [4.78, 5) is 13.7. The maximum Gasteiger partial charge on any atom is 0.271 e. The van der Waals surface area contributed by atoms with E-state index < -0.39 is 10.0 Å². The van der Waals surface area contributed by atoms with Crippen molar-refractivity contribution in [3.05, 3.63) is 67.0 Å². The van der Waals surface area contributed by atoms with Crippen LogP contribution in [0.25, 0.3) is 11.3 Å². The fraction of sp³-hybridized carbons (Fsp3) is 0.250. The lowest BCUT2D eigenvalue weighted by molar-refractivity contribution is 0.313. The number of likely N-dealkylation sites (N-methyl/N-ethyl adjacent to an activating group) is 1. The number of fused-ring (bicyclic) bond motifs is 3. The van der Waals surface area contributed by atoms with E-state index in [1.165, 1.54) is 16.2 Å². The lowest BCUT2D eigenvalue weighted by atomic mass is 10.1. The molecule has 2 aromatic carbocycles. The number of anilines is 4. The van der Waals surface area contributed by atoms with Crippen molar-refractivity contribution < 1.29 is 8.42 Å². The molecule has 33 heavy (non-hydrogen) atoms. The highest BCUT2D eigenvalue weighted by atomic mass is 32.2. The number of nitrogens with one attached hydrogen (secondary N) is 1. The van der Waals surface area contributed by atoms with Crippen LogP contribution in [-0.4, -0.2) is 56.5 Å². The van der Waals surface area contributed by atoms with Gasteiger partial charge >= 0.3 is 0 Å². The van der Waals surface area contributed by atoms with Crippen LogP contribution in [0.1, 0.15) is 6.92 Å². The van der Waals surface area contributed by atoms with Gasteiger partial charge in [0.2, 0.25) is 5.95 Å². The molecule has 0 amide bonds. The first-order valence-corrected chi connectivity index (χ1v) is 12.4. The van der Waals surface area contributed by atoms with Gasteiger partial charge in [0.15, 0.2) is 0 Å². The number of rotatable bonds is 4. The predicted octanol–water partition coefficient (Wildman–Crippen LogP) is 3.68. The van der Waals surface area contributed by atoms with Gasteiger partial charge in [0.05, 0.1) is 17.6 Å². The second-order valence-electron chi connectivity index (χ2n) is 8.17. The molecule has 0 unspecified atom stereocenters. The number of hydrogen-bond donors (Lipinski definition) is 1. The van der Waals surface area contributed by atoms with Gasteiger partial charge in [0, 0.05) is 49.3 Å². The highest BCUT2D eigenvalue weighted by molar-refractivity contribution is 7.93. The van der Waals surface area contributed by atoms with Crippen LogP contribution in [0.2, 0.25) is 0 Å². The zero-order chi connectivity index (χ0) is 23.0. The van der Waals surface area contributed by atoms with Crippen LogP contribution in [-0.2, 0) is 10.0 Å².